The number of aryl methyl sites for hydroxylation is 2. The van der Waals surface area contributed by atoms with Crippen LogP contribution in [0.15, 0.2) is 30.3 Å². The van der Waals surface area contributed by atoms with Crippen molar-refractivity contribution in [1.29, 1.82) is 0 Å². The van der Waals surface area contributed by atoms with Gasteiger partial charge in [0.2, 0.25) is 5.91 Å². The minimum Gasteiger partial charge on any atom is -0.343 e. The van der Waals surface area contributed by atoms with Crippen LogP contribution in [-0.2, 0) is 22.4 Å². The standard InChI is InChI=1S/C21H22N4O4S/c26-18(23-24-21(29)17-11-14-3-1-4-16(14)30-17)12-22-20(28)13-6-8-15(9-7-13)25-10-2-5-19(25)27/h6-9,11H,1-5,10,12H2,(H,22,28)(H,23,26)(H,24,29). The SMILES string of the molecule is O=C(CNC(=O)c1ccc(N2CCCC2=O)cc1)NNC(=O)c1cc2c(s1)CCC2. The molecule has 2 heterocycles. The van der Waals surface area contributed by atoms with Gasteiger partial charge in [0, 0.05) is 29.1 Å². The normalized spacial score (nSPS) is 15.1. The fraction of sp³-hybridized carbons (Fsp3) is 0.333. The van der Waals surface area contributed by atoms with Crippen LogP contribution < -0.4 is 21.1 Å². The van der Waals surface area contributed by atoms with E-state index in [1.807, 2.05) is 6.07 Å². The van der Waals surface area contributed by atoms with Gasteiger partial charge in [-0.2, -0.15) is 0 Å². The number of fused-ring (bicyclic) bond motifs is 1. The minimum absolute atomic E-state index is 0.0816. The lowest BCUT2D eigenvalue weighted by atomic mass is 10.2. The molecular formula is C21H22N4O4S. The summed E-state index contributed by atoms with van der Waals surface area (Å²) in [7, 11) is 0. The predicted octanol–water partition coefficient (Wildman–Crippen LogP) is 1.55. The van der Waals surface area contributed by atoms with Crippen molar-refractivity contribution in [2.45, 2.75) is 32.1 Å². The molecule has 1 aliphatic heterocycles. The van der Waals surface area contributed by atoms with Crippen molar-refractivity contribution in [2.24, 2.45) is 0 Å². The number of nitrogens with one attached hydrogen (secondary N) is 3. The molecule has 1 fully saturated rings. The van der Waals surface area contributed by atoms with E-state index in [4.69, 9.17) is 0 Å². The number of anilines is 1. The number of carbonyl (C=O) groups is 4. The summed E-state index contributed by atoms with van der Waals surface area (Å²) in [6.07, 6.45) is 4.50. The molecule has 30 heavy (non-hydrogen) atoms. The predicted molar refractivity (Wildman–Crippen MR) is 112 cm³/mol. The Bertz CT molecular complexity index is 977. The van der Waals surface area contributed by atoms with E-state index in [9.17, 15) is 19.2 Å². The fourth-order valence-corrected chi connectivity index (χ4v) is 4.80. The Morgan fingerprint density at radius 2 is 1.77 bits per heavy atom. The van der Waals surface area contributed by atoms with E-state index >= 15 is 0 Å². The summed E-state index contributed by atoms with van der Waals surface area (Å²) in [6.45, 7) is 0.413. The molecule has 0 atom stereocenters. The van der Waals surface area contributed by atoms with Gasteiger partial charge < -0.3 is 10.2 Å². The van der Waals surface area contributed by atoms with Crippen molar-refractivity contribution < 1.29 is 19.2 Å². The van der Waals surface area contributed by atoms with Gasteiger partial charge in [0.05, 0.1) is 11.4 Å². The highest BCUT2D eigenvalue weighted by atomic mass is 32.1. The number of nitrogens with zero attached hydrogens (tertiary/aromatic N) is 1. The number of thiophene rings is 1. The zero-order valence-corrected chi connectivity index (χ0v) is 17.1. The molecule has 0 unspecified atom stereocenters. The number of hydrogen-bond acceptors (Lipinski definition) is 5. The first-order chi connectivity index (χ1) is 14.5. The maximum Gasteiger partial charge on any atom is 0.279 e. The number of amides is 4. The lowest BCUT2D eigenvalue weighted by Gasteiger charge is -2.15. The molecule has 1 aliphatic carbocycles. The van der Waals surface area contributed by atoms with Crippen LogP contribution in [0.3, 0.4) is 0 Å². The third-order valence-corrected chi connectivity index (χ3v) is 6.45. The maximum absolute atomic E-state index is 12.2. The zero-order valence-electron chi connectivity index (χ0n) is 16.3. The van der Waals surface area contributed by atoms with E-state index in [0.717, 1.165) is 31.4 Å². The molecule has 0 spiro atoms. The van der Waals surface area contributed by atoms with Crippen molar-refractivity contribution in [3.63, 3.8) is 0 Å². The molecule has 0 bridgehead atoms. The Kier molecular flexibility index (Phi) is 5.80. The molecule has 0 saturated carbocycles. The van der Waals surface area contributed by atoms with Crippen LogP contribution in [0.1, 0.15) is 49.7 Å². The quantitative estimate of drug-likeness (QED) is 0.631. The van der Waals surface area contributed by atoms with E-state index in [-0.39, 0.29) is 18.4 Å². The number of benzene rings is 1. The van der Waals surface area contributed by atoms with Gasteiger partial charge in [-0.15, -0.1) is 11.3 Å². The summed E-state index contributed by atoms with van der Waals surface area (Å²) in [6, 6.07) is 8.54. The van der Waals surface area contributed by atoms with Crippen molar-refractivity contribution >= 4 is 40.7 Å². The first kappa shape index (κ1) is 20.1. The molecule has 9 heteroatoms. The van der Waals surface area contributed by atoms with Gasteiger partial charge in [-0.25, -0.2) is 0 Å². The minimum atomic E-state index is -0.528. The third-order valence-electron chi connectivity index (χ3n) is 5.21. The summed E-state index contributed by atoms with van der Waals surface area (Å²) in [5.41, 5.74) is 7.04. The summed E-state index contributed by atoms with van der Waals surface area (Å²) in [5.74, 6) is -1.22. The second-order valence-electron chi connectivity index (χ2n) is 7.29. The Morgan fingerprint density at radius 3 is 2.47 bits per heavy atom. The molecule has 1 aromatic heterocycles. The second-order valence-corrected chi connectivity index (χ2v) is 8.43. The van der Waals surface area contributed by atoms with Crippen molar-refractivity contribution in [1.82, 2.24) is 16.2 Å². The molecule has 156 valence electrons. The highest BCUT2D eigenvalue weighted by Gasteiger charge is 2.22. The lowest BCUT2D eigenvalue weighted by molar-refractivity contribution is -0.121. The summed E-state index contributed by atoms with van der Waals surface area (Å²) >= 11 is 1.45. The molecule has 3 N–H and O–H groups in total. The van der Waals surface area contributed by atoms with E-state index in [2.05, 4.69) is 16.2 Å². The van der Waals surface area contributed by atoms with Gasteiger partial charge in [-0.1, -0.05) is 0 Å². The van der Waals surface area contributed by atoms with Gasteiger partial charge in [0.25, 0.3) is 17.7 Å². The zero-order chi connectivity index (χ0) is 21.1. The average Bonchev–Trinajstić information content (AvgIpc) is 3.46. The summed E-state index contributed by atoms with van der Waals surface area (Å²) in [5, 5.41) is 2.51. The maximum atomic E-state index is 12.2. The van der Waals surface area contributed by atoms with E-state index < -0.39 is 11.8 Å². The van der Waals surface area contributed by atoms with Crippen LogP contribution >= 0.6 is 11.3 Å². The topological polar surface area (TPSA) is 108 Å². The summed E-state index contributed by atoms with van der Waals surface area (Å²) < 4.78 is 0. The number of hydrogen-bond donors (Lipinski definition) is 3. The first-order valence-corrected chi connectivity index (χ1v) is 10.7. The Morgan fingerprint density at radius 1 is 0.967 bits per heavy atom. The fourth-order valence-electron chi connectivity index (χ4n) is 3.65. The third kappa shape index (κ3) is 4.35. The molecule has 1 aromatic carbocycles. The largest absolute Gasteiger partial charge is 0.343 e. The van der Waals surface area contributed by atoms with Crippen molar-refractivity contribution in [2.75, 3.05) is 18.0 Å². The highest BCUT2D eigenvalue weighted by molar-refractivity contribution is 7.14. The molecule has 2 aromatic rings. The van der Waals surface area contributed by atoms with Crippen molar-refractivity contribution in [3.05, 3.63) is 51.2 Å². The van der Waals surface area contributed by atoms with Crippen molar-refractivity contribution in [3.8, 4) is 0 Å². The van der Waals surface area contributed by atoms with Crippen LogP contribution in [0.25, 0.3) is 0 Å². The molecule has 1 saturated heterocycles. The smallest absolute Gasteiger partial charge is 0.279 e. The molecule has 4 rings (SSSR count). The average molecular weight is 426 g/mol. The molecule has 2 aliphatic rings. The lowest BCUT2D eigenvalue weighted by Crippen LogP contribution is -2.46. The molecule has 4 amide bonds. The van der Waals surface area contributed by atoms with E-state index in [1.54, 1.807) is 29.2 Å². The Balaban J connectivity index is 1.22. The van der Waals surface area contributed by atoms with Gasteiger partial charge in [-0.05, 0) is 61.6 Å². The van der Waals surface area contributed by atoms with Gasteiger partial charge in [-0.3, -0.25) is 30.0 Å². The number of carbonyl (C=O) groups excluding carboxylic acids is 4. The van der Waals surface area contributed by atoms with Crippen LogP contribution in [-0.4, -0.2) is 36.7 Å². The first-order valence-electron chi connectivity index (χ1n) is 9.90. The van der Waals surface area contributed by atoms with Gasteiger partial charge >= 0.3 is 0 Å². The molecule has 8 nitrogen and oxygen atoms in total. The van der Waals surface area contributed by atoms with E-state index in [1.165, 1.54) is 21.8 Å². The molecular weight excluding hydrogens is 404 g/mol. The monoisotopic (exact) mass is 426 g/mol. The van der Waals surface area contributed by atoms with Crippen LogP contribution in [0.4, 0.5) is 5.69 Å². The van der Waals surface area contributed by atoms with E-state index in [0.29, 0.717) is 23.4 Å². The highest BCUT2D eigenvalue weighted by Crippen LogP contribution is 2.30. The van der Waals surface area contributed by atoms with Gasteiger partial charge in [0.15, 0.2) is 0 Å². The Labute approximate surface area is 177 Å². The number of rotatable bonds is 5. The Hall–Kier alpha value is -3.20. The van der Waals surface area contributed by atoms with Crippen LogP contribution in [0.5, 0.6) is 0 Å². The summed E-state index contributed by atoms with van der Waals surface area (Å²) in [4.78, 5) is 51.6. The van der Waals surface area contributed by atoms with Crippen LogP contribution in [0, 0.1) is 0 Å². The van der Waals surface area contributed by atoms with Gasteiger partial charge in [0.1, 0.15) is 0 Å². The second kappa shape index (κ2) is 8.66. The van der Waals surface area contributed by atoms with Crippen LogP contribution in [0.2, 0.25) is 0 Å². The molecule has 0 radical (unpaired) electrons. The number of hydrazine groups is 1.